The smallest absolute Gasteiger partial charge is 0.264 e. The molecule has 0 spiro atoms. The first-order valence-electron chi connectivity index (χ1n) is 5.81. The van der Waals surface area contributed by atoms with Crippen LogP contribution in [0.4, 0.5) is 11.4 Å². The number of nitrogen functional groups attached to an aromatic ring is 1. The van der Waals surface area contributed by atoms with Crippen LogP contribution in [-0.2, 0) is 10.0 Å². The minimum atomic E-state index is -3.73. The van der Waals surface area contributed by atoms with Gasteiger partial charge in [-0.1, -0.05) is 0 Å². The molecule has 0 aliphatic heterocycles. The van der Waals surface area contributed by atoms with E-state index in [-0.39, 0.29) is 10.6 Å². The molecule has 0 aliphatic rings. The number of aryl methyl sites for hydroxylation is 2. The quantitative estimate of drug-likeness (QED) is 0.654. The number of nitrogens with zero attached hydrogens (tertiary/aromatic N) is 1. The predicted octanol–water partition coefficient (Wildman–Crippen LogP) is 2.84. The number of aromatic nitrogens is 1. The molecule has 0 bridgehead atoms. The maximum Gasteiger partial charge on any atom is 0.264 e. The Morgan fingerprint density at radius 3 is 2.45 bits per heavy atom. The Balaban J connectivity index is 2.40. The summed E-state index contributed by atoms with van der Waals surface area (Å²) in [5.74, 6) is 0. The van der Waals surface area contributed by atoms with Crippen LogP contribution in [0.5, 0.6) is 0 Å². The maximum atomic E-state index is 12.3. The molecule has 0 aliphatic carbocycles. The predicted molar refractivity (Wildman–Crippen MR) is 83.1 cm³/mol. The molecule has 0 unspecified atom stereocenters. The molecule has 0 amide bonds. The maximum absolute atomic E-state index is 12.3. The van der Waals surface area contributed by atoms with Gasteiger partial charge in [0.05, 0.1) is 17.6 Å². The molecule has 3 N–H and O–H groups in total. The molecule has 0 fully saturated rings. The van der Waals surface area contributed by atoms with E-state index in [0.717, 1.165) is 11.1 Å². The van der Waals surface area contributed by atoms with Crippen LogP contribution in [-0.4, -0.2) is 13.4 Å². The fourth-order valence-electron chi connectivity index (χ4n) is 1.69. The van der Waals surface area contributed by atoms with Gasteiger partial charge >= 0.3 is 0 Å². The largest absolute Gasteiger partial charge is 0.398 e. The summed E-state index contributed by atoms with van der Waals surface area (Å²) in [6.07, 6.45) is 1.43. The fourth-order valence-corrected chi connectivity index (χ4v) is 3.17. The average Bonchev–Trinajstić information content (AvgIpc) is 2.36. The number of hydrogen-bond acceptors (Lipinski definition) is 4. The van der Waals surface area contributed by atoms with Crippen molar-refractivity contribution in [1.29, 1.82) is 0 Å². The van der Waals surface area contributed by atoms with Crippen LogP contribution in [0.25, 0.3) is 0 Å². The van der Waals surface area contributed by atoms with Gasteiger partial charge in [0.2, 0.25) is 0 Å². The summed E-state index contributed by atoms with van der Waals surface area (Å²) < 4.78 is 27.8. The van der Waals surface area contributed by atoms with Crippen molar-refractivity contribution in [2.75, 3.05) is 10.5 Å². The van der Waals surface area contributed by atoms with Gasteiger partial charge in [-0.15, -0.1) is 0 Å². The number of nitrogens with two attached hydrogens (primary N) is 1. The van der Waals surface area contributed by atoms with E-state index in [1.54, 1.807) is 24.3 Å². The number of rotatable bonds is 3. The third kappa shape index (κ3) is 3.10. The van der Waals surface area contributed by atoms with Gasteiger partial charge in [-0.2, -0.15) is 0 Å². The Bertz CT molecular complexity index is 743. The summed E-state index contributed by atoms with van der Waals surface area (Å²) in [4.78, 5) is 4.04. The van der Waals surface area contributed by atoms with Crippen LogP contribution in [0.2, 0.25) is 0 Å². The van der Waals surface area contributed by atoms with Gasteiger partial charge in [-0.3, -0.25) is 4.72 Å². The zero-order valence-electron chi connectivity index (χ0n) is 11.0. The number of pyridine rings is 1. The number of sulfonamides is 1. The molecule has 0 atom stereocenters. The van der Waals surface area contributed by atoms with Gasteiger partial charge in [0.15, 0.2) is 0 Å². The van der Waals surface area contributed by atoms with Gasteiger partial charge in [0.1, 0.15) is 9.50 Å². The summed E-state index contributed by atoms with van der Waals surface area (Å²) in [5.41, 5.74) is 8.24. The lowest BCUT2D eigenvalue weighted by atomic mass is 10.1. The highest BCUT2D eigenvalue weighted by atomic mass is 79.9. The molecule has 1 heterocycles. The molecule has 1 aromatic carbocycles. The first-order valence-corrected chi connectivity index (χ1v) is 8.08. The lowest BCUT2D eigenvalue weighted by Gasteiger charge is -2.12. The van der Waals surface area contributed by atoms with Crippen molar-refractivity contribution < 1.29 is 8.42 Å². The van der Waals surface area contributed by atoms with Crippen molar-refractivity contribution >= 4 is 37.3 Å². The molecule has 2 aromatic rings. The van der Waals surface area contributed by atoms with Crippen molar-refractivity contribution in [3.05, 3.63) is 46.2 Å². The molecular formula is C13H14BrN3O2S. The lowest BCUT2D eigenvalue weighted by molar-refractivity contribution is 0.601. The molecule has 5 nitrogen and oxygen atoms in total. The number of hydrogen-bond donors (Lipinski definition) is 2. The fraction of sp³-hybridized carbons (Fsp3) is 0.154. The number of benzene rings is 1. The summed E-state index contributed by atoms with van der Waals surface area (Å²) in [6, 6.07) is 6.50. The lowest BCUT2D eigenvalue weighted by Crippen LogP contribution is -2.15. The highest BCUT2D eigenvalue weighted by Gasteiger charge is 2.18. The Morgan fingerprint density at radius 1 is 1.20 bits per heavy atom. The second-order valence-electron chi connectivity index (χ2n) is 4.45. The van der Waals surface area contributed by atoms with E-state index < -0.39 is 10.0 Å². The summed E-state index contributed by atoms with van der Waals surface area (Å²) >= 11 is 3.19. The third-order valence-electron chi connectivity index (χ3n) is 2.90. The zero-order valence-corrected chi connectivity index (χ0v) is 13.4. The van der Waals surface area contributed by atoms with E-state index >= 15 is 0 Å². The molecule has 1 aromatic heterocycles. The average molecular weight is 356 g/mol. The van der Waals surface area contributed by atoms with E-state index in [9.17, 15) is 8.42 Å². The molecule has 0 radical (unpaired) electrons. The standard InChI is InChI=1S/C13H14BrN3O2S/c1-8-5-11(15)12(6-9(8)2)20(18,19)17-10-3-4-13(14)16-7-10/h3-7,17H,15H2,1-2H3. The highest BCUT2D eigenvalue weighted by molar-refractivity contribution is 9.10. The number of halogens is 1. The molecule has 106 valence electrons. The first kappa shape index (κ1) is 14.8. The number of nitrogens with one attached hydrogen (secondary N) is 1. The molecule has 0 saturated heterocycles. The van der Waals surface area contributed by atoms with Crippen LogP contribution in [0, 0.1) is 13.8 Å². The van der Waals surface area contributed by atoms with Crippen molar-refractivity contribution in [1.82, 2.24) is 4.98 Å². The van der Waals surface area contributed by atoms with E-state index in [1.165, 1.54) is 6.20 Å². The normalized spacial score (nSPS) is 11.3. The SMILES string of the molecule is Cc1cc(N)c(S(=O)(=O)Nc2ccc(Br)nc2)cc1C. The second kappa shape index (κ2) is 5.41. The topological polar surface area (TPSA) is 85.1 Å². The monoisotopic (exact) mass is 355 g/mol. The van der Waals surface area contributed by atoms with Gasteiger partial charge in [0.25, 0.3) is 10.0 Å². The van der Waals surface area contributed by atoms with Crippen molar-refractivity contribution in [2.45, 2.75) is 18.7 Å². The van der Waals surface area contributed by atoms with Crippen molar-refractivity contribution in [2.24, 2.45) is 0 Å². The Labute approximate surface area is 126 Å². The first-order chi connectivity index (χ1) is 9.29. The van der Waals surface area contributed by atoms with Crippen LogP contribution >= 0.6 is 15.9 Å². The highest BCUT2D eigenvalue weighted by Crippen LogP contribution is 2.25. The second-order valence-corrected chi connectivity index (χ2v) is 6.91. The van der Waals surface area contributed by atoms with Crippen LogP contribution < -0.4 is 10.5 Å². The Hall–Kier alpha value is -1.60. The van der Waals surface area contributed by atoms with Gasteiger partial charge in [0, 0.05) is 0 Å². The minimum absolute atomic E-state index is 0.0727. The molecular weight excluding hydrogens is 342 g/mol. The summed E-state index contributed by atoms with van der Waals surface area (Å²) in [7, 11) is -3.73. The third-order valence-corrected chi connectivity index (χ3v) is 4.80. The van der Waals surface area contributed by atoms with Crippen molar-refractivity contribution in [3.8, 4) is 0 Å². The Kier molecular flexibility index (Phi) is 4.01. The molecule has 0 saturated carbocycles. The molecule has 7 heteroatoms. The van der Waals surface area contributed by atoms with Crippen LogP contribution in [0.15, 0.2) is 40.0 Å². The minimum Gasteiger partial charge on any atom is -0.398 e. The number of anilines is 2. The zero-order chi connectivity index (χ0) is 14.9. The van der Waals surface area contributed by atoms with Gasteiger partial charge < -0.3 is 5.73 Å². The van der Waals surface area contributed by atoms with E-state index in [1.807, 2.05) is 13.8 Å². The summed E-state index contributed by atoms with van der Waals surface area (Å²) in [6.45, 7) is 3.73. The summed E-state index contributed by atoms with van der Waals surface area (Å²) in [5, 5.41) is 0. The Morgan fingerprint density at radius 2 is 1.85 bits per heavy atom. The van der Waals surface area contributed by atoms with Gasteiger partial charge in [-0.05, 0) is 65.2 Å². The van der Waals surface area contributed by atoms with Crippen LogP contribution in [0.3, 0.4) is 0 Å². The molecule has 20 heavy (non-hydrogen) atoms. The van der Waals surface area contributed by atoms with E-state index in [2.05, 4.69) is 25.6 Å². The van der Waals surface area contributed by atoms with Crippen LogP contribution in [0.1, 0.15) is 11.1 Å². The van der Waals surface area contributed by atoms with Crippen molar-refractivity contribution in [3.63, 3.8) is 0 Å². The molecule has 2 rings (SSSR count). The van der Waals surface area contributed by atoms with E-state index in [0.29, 0.717) is 10.3 Å². The van der Waals surface area contributed by atoms with Gasteiger partial charge in [-0.25, -0.2) is 13.4 Å². The van der Waals surface area contributed by atoms with E-state index in [4.69, 9.17) is 5.73 Å².